The van der Waals surface area contributed by atoms with Gasteiger partial charge in [-0.15, -0.1) is 0 Å². The summed E-state index contributed by atoms with van der Waals surface area (Å²) >= 11 is 0. The monoisotopic (exact) mass is 386 g/mol. The highest BCUT2D eigenvalue weighted by Gasteiger charge is 2.17. The lowest BCUT2D eigenvalue weighted by Crippen LogP contribution is -2.39. The van der Waals surface area contributed by atoms with Crippen LogP contribution < -0.4 is 10.0 Å². The van der Waals surface area contributed by atoms with E-state index in [2.05, 4.69) is 10.0 Å². The minimum absolute atomic E-state index is 0.0959. The smallest absolute Gasteiger partial charge is 0.321 e. The molecular formula is C16H22N2O7S. The molecule has 0 aliphatic rings. The first kappa shape index (κ1) is 21.7. The average molecular weight is 386 g/mol. The number of hydrogen-bond donors (Lipinski definition) is 2. The minimum atomic E-state index is -3.94. The molecule has 1 aromatic carbocycles. The van der Waals surface area contributed by atoms with Crippen molar-refractivity contribution in [2.45, 2.75) is 24.8 Å². The Morgan fingerprint density at radius 3 is 2.31 bits per heavy atom. The molecule has 9 nitrogen and oxygen atoms in total. The second-order valence-corrected chi connectivity index (χ2v) is 7.26. The summed E-state index contributed by atoms with van der Waals surface area (Å²) in [6.45, 7) is 2.24. The third-order valence-corrected chi connectivity index (χ3v) is 4.58. The van der Waals surface area contributed by atoms with Crippen LogP contribution >= 0.6 is 0 Å². The molecule has 0 aliphatic heterocycles. The van der Waals surface area contributed by atoms with E-state index in [4.69, 9.17) is 9.47 Å². The van der Waals surface area contributed by atoms with E-state index in [1.807, 2.05) is 0 Å². The maximum atomic E-state index is 12.1. The zero-order valence-corrected chi connectivity index (χ0v) is 15.6. The molecule has 1 atom stereocenters. The standard InChI is InChI=1S/C16H22N2O7S/c1-11(9-24-3)18-15(20)10-25-16(21)8-17-26(22,23)14-6-4-13(5-7-14)12(2)19/h4-7,11,17H,8-10H2,1-3H3,(H,18,20). The summed E-state index contributed by atoms with van der Waals surface area (Å²) < 4.78 is 35.8. The van der Waals surface area contributed by atoms with Gasteiger partial charge in [0.2, 0.25) is 10.0 Å². The number of esters is 1. The zero-order valence-electron chi connectivity index (χ0n) is 14.8. The fourth-order valence-electron chi connectivity index (χ4n) is 1.91. The van der Waals surface area contributed by atoms with Crippen molar-refractivity contribution in [1.29, 1.82) is 0 Å². The van der Waals surface area contributed by atoms with Crippen LogP contribution in [0.1, 0.15) is 24.2 Å². The van der Waals surface area contributed by atoms with Crippen molar-refractivity contribution >= 4 is 27.7 Å². The summed E-state index contributed by atoms with van der Waals surface area (Å²) in [5, 5.41) is 2.54. The number of hydrogen-bond acceptors (Lipinski definition) is 7. The molecule has 2 N–H and O–H groups in total. The van der Waals surface area contributed by atoms with E-state index < -0.39 is 35.1 Å². The molecular weight excluding hydrogens is 364 g/mol. The number of methoxy groups -OCH3 is 1. The molecule has 0 aromatic heterocycles. The van der Waals surface area contributed by atoms with E-state index in [9.17, 15) is 22.8 Å². The van der Waals surface area contributed by atoms with Crippen molar-refractivity contribution in [2.75, 3.05) is 26.9 Å². The van der Waals surface area contributed by atoms with Gasteiger partial charge in [0.15, 0.2) is 12.4 Å². The molecule has 0 saturated heterocycles. The first-order chi connectivity index (χ1) is 12.2. The van der Waals surface area contributed by atoms with Crippen LogP contribution in [0.2, 0.25) is 0 Å². The Hall–Kier alpha value is -2.30. The quantitative estimate of drug-likeness (QED) is 0.423. The van der Waals surface area contributed by atoms with E-state index in [0.29, 0.717) is 12.2 Å². The summed E-state index contributed by atoms with van der Waals surface area (Å²) in [7, 11) is -2.45. The van der Waals surface area contributed by atoms with E-state index in [1.54, 1.807) is 6.92 Å². The molecule has 1 amide bonds. The number of benzene rings is 1. The summed E-state index contributed by atoms with van der Waals surface area (Å²) in [6.07, 6.45) is 0. The molecule has 1 rings (SSSR count). The van der Waals surface area contributed by atoms with Crippen LogP contribution in [0.4, 0.5) is 0 Å². The highest BCUT2D eigenvalue weighted by atomic mass is 32.2. The van der Waals surface area contributed by atoms with Gasteiger partial charge in [-0.2, -0.15) is 4.72 Å². The predicted molar refractivity (Wildman–Crippen MR) is 92.1 cm³/mol. The molecule has 26 heavy (non-hydrogen) atoms. The van der Waals surface area contributed by atoms with Gasteiger partial charge in [0.25, 0.3) is 5.91 Å². The Kier molecular flexibility index (Phi) is 8.36. The fourth-order valence-corrected chi connectivity index (χ4v) is 2.88. The van der Waals surface area contributed by atoms with E-state index in [1.165, 1.54) is 38.3 Å². The van der Waals surface area contributed by atoms with Crippen LogP contribution in [-0.4, -0.2) is 59.0 Å². The Morgan fingerprint density at radius 2 is 1.77 bits per heavy atom. The highest BCUT2D eigenvalue weighted by molar-refractivity contribution is 7.89. The molecule has 0 aliphatic carbocycles. The predicted octanol–water partition coefficient (Wildman–Crippen LogP) is -0.138. The zero-order chi connectivity index (χ0) is 19.7. The number of rotatable bonds is 10. The van der Waals surface area contributed by atoms with E-state index >= 15 is 0 Å². The van der Waals surface area contributed by atoms with Gasteiger partial charge >= 0.3 is 5.97 Å². The number of amides is 1. The van der Waals surface area contributed by atoms with Gasteiger partial charge < -0.3 is 14.8 Å². The van der Waals surface area contributed by atoms with Crippen molar-refractivity contribution in [3.05, 3.63) is 29.8 Å². The topological polar surface area (TPSA) is 128 Å². The number of nitrogens with one attached hydrogen (secondary N) is 2. The maximum Gasteiger partial charge on any atom is 0.321 e. The van der Waals surface area contributed by atoms with Crippen molar-refractivity contribution in [1.82, 2.24) is 10.0 Å². The van der Waals surface area contributed by atoms with E-state index in [-0.39, 0.29) is 16.7 Å². The molecule has 144 valence electrons. The second-order valence-electron chi connectivity index (χ2n) is 5.49. The molecule has 0 fully saturated rings. The molecule has 0 saturated carbocycles. The average Bonchev–Trinajstić information content (AvgIpc) is 2.58. The Morgan fingerprint density at radius 1 is 1.15 bits per heavy atom. The van der Waals surface area contributed by atoms with Crippen molar-refractivity contribution in [3.63, 3.8) is 0 Å². The third-order valence-electron chi connectivity index (χ3n) is 3.17. The number of sulfonamides is 1. The van der Waals surface area contributed by atoms with Gasteiger partial charge in [-0.1, -0.05) is 12.1 Å². The summed E-state index contributed by atoms with van der Waals surface area (Å²) in [5.41, 5.74) is 0.372. The summed E-state index contributed by atoms with van der Waals surface area (Å²) in [6, 6.07) is 5.02. The highest BCUT2D eigenvalue weighted by Crippen LogP contribution is 2.10. The van der Waals surface area contributed by atoms with Crippen LogP contribution in [0.5, 0.6) is 0 Å². The van der Waals surface area contributed by atoms with Gasteiger partial charge in [-0.25, -0.2) is 8.42 Å². The van der Waals surface area contributed by atoms with Crippen LogP contribution in [-0.2, 0) is 29.1 Å². The largest absolute Gasteiger partial charge is 0.455 e. The van der Waals surface area contributed by atoms with Crippen LogP contribution in [0.15, 0.2) is 29.2 Å². The lowest BCUT2D eigenvalue weighted by molar-refractivity contribution is -0.147. The molecule has 1 aromatic rings. The summed E-state index contributed by atoms with van der Waals surface area (Å²) in [5.74, 6) is -1.61. The van der Waals surface area contributed by atoms with Crippen LogP contribution in [0.3, 0.4) is 0 Å². The normalized spacial score (nSPS) is 12.3. The van der Waals surface area contributed by atoms with Gasteiger partial charge in [-0.05, 0) is 26.0 Å². The molecule has 10 heteroatoms. The summed E-state index contributed by atoms with van der Waals surface area (Å²) in [4.78, 5) is 34.2. The van der Waals surface area contributed by atoms with Crippen LogP contribution in [0, 0.1) is 0 Å². The maximum absolute atomic E-state index is 12.1. The molecule has 0 spiro atoms. The lowest BCUT2D eigenvalue weighted by atomic mass is 10.2. The molecule has 0 bridgehead atoms. The van der Waals surface area contributed by atoms with Crippen molar-refractivity contribution in [3.8, 4) is 0 Å². The van der Waals surface area contributed by atoms with Gasteiger partial charge in [0, 0.05) is 18.7 Å². The Bertz CT molecular complexity index is 744. The van der Waals surface area contributed by atoms with Crippen molar-refractivity contribution in [2.24, 2.45) is 0 Å². The van der Waals surface area contributed by atoms with Crippen molar-refractivity contribution < 1.29 is 32.3 Å². The fraction of sp³-hybridized carbons (Fsp3) is 0.438. The Labute approximate surface area is 152 Å². The van der Waals surface area contributed by atoms with Gasteiger partial charge in [-0.3, -0.25) is 14.4 Å². The lowest BCUT2D eigenvalue weighted by Gasteiger charge is -2.12. The van der Waals surface area contributed by atoms with Gasteiger partial charge in [0.1, 0.15) is 6.54 Å². The van der Waals surface area contributed by atoms with E-state index in [0.717, 1.165) is 0 Å². The first-order valence-electron chi connectivity index (χ1n) is 7.70. The number of carbonyl (C=O) groups is 3. The molecule has 0 heterocycles. The number of ether oxygens (including phenoxy) is 2. The third kappa shape index (κ3) is 7.30. The molecule has 1 unspecified atom stereocenters. The second kappa shape index (κ2) is 10.00. The number of carbonyl (C=O) groups excluding carboxylic acids is 3. The number of ketones is 1. The minimum Gasteiger partial charge on any atom is -0.455 e. The Balaban J connectivity index is 2.48. The first-order valence-corrected chi connectivity index (χ1v) is 9.18. The number of Topliss-reactive ketones (excluding diaryl/α,β-unsaturated/α-hetero) is 1. The molecule has 0 radical (unpaired) electrons. The van der Waals surface area contributed by atoms with Crippen LogP contribution in [0.25, 0.3) is 0 Å². The van der Waals surface area contributed by atoms with Gasteiger partial charge in [0.05, 0.1) is 11.5 Å². The SMILES string of the molecule is COCC(C)NC(=O)COC(=O)CNS(=O)(=O)c1ccc(C(C)=O)cc1.